The summed E-state index contributed by atoms with van der Waals surface area (Å²) in [6, 6.07) is 1.93. The quantitative estimate of drug-likeness (QED) is 0.825. The fourth-order valence-corrected chi connectivity index (χ4v) is 2.40. The molecule has 1 aliphatic rings. The lowest BCUT2D eigenvalue weighted by atomic mass is 10.2. The van der Waals surface area contributed by atoms with E-state index in [0.717, 1.165) is 5.56 Å². The van der Waals surface area contributed by atoms with Crippen molar-refractivity contribution >= 4 is 23.2 Å². The summed E-state index contributed by atoms with van der Waals surface area (Å²) in [6.07, 6.45) is -0.301. The van der Waals surface area contributed by atoms with Crippen LogP contribution in [0.1, 0.15) is 5.56 Å². The maximum absolute atomic E-state index is 12.0. The number of ether oxygens (including phenoxy) is 1. The SMILES string of the molecule is NC(=O)C1CN(C(=O)Cc2ccsc2)CCO1. The Morgan fingerprint density at radius 1 is 1.59 bits per heavy atom. The van der Waals surface area contributed by atoms with Crippen molar-refractivity contribution in [2.75, 3.05) is 19.7 Å². The van der Waals surface area contributed by atoms with Gasteiger partial charge in [0, 0.05) is 6.54 Å². The van der Waals surface area contributed by atoms with E-state index in [9.17, 15) is 9.59 Å². The maximum atomic E-state index is 12.0. The van der Waals surface area contributed by atoms with Gasteiger partial charge in [-0.3, -0.25) is 9.59 Å². The molecule has 1 aromatic heterocycles. The lowest BCUT2D eigenvalue weighted by Gasteiger charge is -2.31. The fourth-order valence-electron chi connectivity index (χ4n) is 1.73. The van der Waals surface area contributed by atoms with Crippen LogP contribution in [0.4, 0.5) is 0 Å². The van der Waals surface area contributed by atoms with Crippen molar-refractivity contribution in [2.24, 2.45) is 5.73 Å². The average Bonchev–Trinajstić information content (AvgIpc) is 2.82. The molecule has 1 atom stereocenters. The third-order valence-corrected chi connectivity index (χ3v) is 3.40. The van der Waals surface area contributed by atoms with E-state index in [1.807, 2.05) is 16.8 Å². The van der Waals surface area contributed by atoms with Crippen molar-refractivity contribution in [1.29, 1.82) is 0 Å². The van der Waals surface area contributed by atoms with E-state index in [1.54, 1.807) is 16.2 Å². The molecule has 1 aromatic rings. The summed E-state index contributed by atoms with van der Waals surface area (Å²) in [7, 11) is 0. The third-order valence-electron chi connectivity index (χ3n) is 2.67. The molecule has 0 radical (unpaired) electrons. The molecule has 1 aliphatic heterocycles. The molecule has 2 heterocycles. The number of hydrogen-bond acceptors (Lipinski definition) is 4. The number of thiophene rings is 1. The molecule has 0 aromatic carbocycles. The minimum Gasteiger partial charge on any atom is -0.367 e. The first-order valence-corrected chi connectivity index (χ1v) is 6.31. The first-order valence-electron chi connectivity index (χ1n) is 5.36. The second kappa shape index (κ2) is 5.29. The van der Waals surface area contributed by atoms with E-state index >= 15 is 0 Å². The number of morpholine rings is 1. The van der Waals surface area contributed by atoms with Gasteiger partial charge in [0.25, 0.3) is 0 Å². The number of hydrogen-bond donors (Lipinski definition) is 1. The molecular weight excluding hydrogens is 240 g/mol. The normalized spacial score (nSPS) is 20.2. The zero-order valence-electron chi connectivity index (χ0n) is 9.30. The van der Waals surface area contributed by atoms with Crippen molar-refractivity contribution < 1.29 is 14.3 Å². The van der Waals surface area contributed by atoms with Crippen LogP contribution in [-0.2, 0) is 20.7 Å². The molecule has 0 bridgehead atoms. The first kappa shape index (κ1) is 12.1. The van der Waals surface area contributed by atoms with Crippen molar-refractivity contribution in [3.8, 4) is 0 Å². The number of rotatable bonds is 3. The first-order chi connectivity index (χ1) is 8.16. The Hall–Kier alpha value is -1.40. The second-order valence-electron chi connectivity index (χ2n) is 3.91. The van der Waals surface area contributed by atoms with Gasteiger partial charge in [0.05, 0.1) is 19.6 Å². The lowest BCUT2D eigenvalue weighted by molar-refractivity contribution is -0.145. The van der Waals surface area contributed by atoms with Crippen LogP contribution >= 0.6 is 11.3 Å². The second-order valence-corrected chi connectivity index (χ2v) is 4.69. The Bertz CT molecular complexity index is 405. The van der Waals surface area contributed by atoms with E-state index < -0.39 is 12.0 Å². The Morgan fingerprint density at radius 2 is 2.41 bits per heavy atom. The molecule has 2 amide bonds. The Kier molecular flexibility index (Phi) is 3.75. The number of primary amides is 1. The van der Waals surface area contributed by atoms with Gasteiger partial charge in [-0.15, -0.1) is 0 Å². The van der Waals surface area contributed by atoms with E-state index in [2.05, 4.69) is 0 Å². The number of nitrogens with zero attached hydrogens (tertiary/aromatic N) is 1. The summed E-state index contributed by atoms with van der Waals surface area (Å²) in [5.41, 5.74) is 6.17. The summed E-state index contributed by atoms with van der Waals surface area (Å²) in [5.74, 6) is -0.504. The van der Waals surface area contributed by atoms with Gasteiger partial charge in [-0.2, -0.15) is 11.3 Å². The zero-order chi connectivity index (χ0) is 12.3. The minimum absolute atomic E-state index is 0.0120. The van der Waals surface area contributed by atoms with Crippen LogP contribution in [-0.4, -0.2) is 42.5 Å². The van der Waals surface area contributed by atoms with Crippen molar-refractivity contribution in [3.05, 3.63) is 22.4 Å². The summed E-state index contributed by atoms with van der Waals surface area (Å²) in [6.45, 7) is 1.15. The van der Waals surface area contributed by atoms with Crippen molar-refractivity contribution in [3.63, 3.8) is 0 Å². The predicted octanol–water partition coefficient (Wildman–Crippen LogP) is 0.00330. The molecule has 0 aliphatic carbocycles. The van der Waals surface area contributed by atoms with Crippen LogP contribution in [0.15, 0.2) is 16.8 Å². The topological polar surface area (TPSA) is 72.6 Å². The van der Waals surface area contributed by atoms with Crippen LogP contribution in [0.3, 0.4) is 0 Å². The molecule has 1 saturated heterocycles. The summed E-state index contributed by atoms with van der Waals surface area (Å²) in [5, 5.41) is 3.89. The third kappa shape index (κ3) is 3.04. The molecule has 2 N–H and O–H groups in total. The Balaban J connectivity index is 1.93. The minimum atomic E-state index is -0.671. The largest absolute Gasteiger partial charge is 0.367 e. The number of nitrogens with two attached hydrogens (primary N) is 1. The highest BCUT2D eigenvalue weighted by molar-refractivity contribution is 7.07. The lowest BCUT2D eigenvalue weighted by Crippen LogP contribution is -2.50. The molecule has 17 heavy (non-hydrogen) atoms. The van der Waals surface area contributed by atoms with E-state index in [0.29, 0.717) is 19.6 Å². The molecule has 0 spiro atoms. The van der Waals surface area contributed by atoms with Gasteiger partial charge in [0.15, 0.2) is 6.10 Å². The van der Waals surface area contributed by atoms with Crippen molar-refractivity contribution in [2.45, 2.75) is 12.5 Å². The number of carbonyl (C=O) groups is 2. The summed E-state index contributed by atoms with van der Waals surface area (Å²) in [4.78, 5) is 24.6. The zero-order valence-corrected chi connectivity index (χ0v) is 10.1. The molecule has 0 saturated carbocycles. The van der Waals surface area contributed by atoms with Crippen molar-refractivity contribution in [1.82, 2.24) is 4.90 Å². The van der Waals surface area contributed by atoms with Crippen LogP contribution in [0.25, 0.3) is 0 Å². The highest BCUT2D eigenvalue weighted by Crippen LogP contribution is 2.11. The van der Waals surface area contributed by atoms with Crippen LogP contribution < -0.4 is 5.73 Å². The van der Waals surface area contributed by atoms with Gasteiger partial charge in [-0.05, 0) is 22.4 Å². The average molecular weight is 254 g/mol. The molecular formula is C11H14N2O3S. The highest BCUT2D eigenvalue weighted by atomic mass is 32.1. The fraction of sp³-hybridized carbons (Fsp3) is 0.455. The van der Waals surface area contributed by atoms with Crippen LogP contribution in [0.5, 0.6) is 0 Å². The van der Waals surface area contributed by atoms with Crippen LogP contribution in [0.2, 0.25) is 0 Å². The van der Waals surface area contributed by atoms with Gasteiger partial charge in [-0.25, -0.2) is 0 Å². The highest BCUT2D eigenvalue weighted by Gasteiger charge is 2.27. The van der Waals surface area contributed by atoms with E-state index in [1.165, 1.54) is 0 Å². The van der Waals surface area contributed by atoms with Gasteiger partial charge in [0.2, 0.25) is 11.8 Å². The summed E-state index contributed by atoms with van der Waals surface area (Å²) < 4.78 is 5.19. The van der Waals surface area contributed by atoms with Crippen LogP contribution in [0, 0.1) is 0 Å². The van der Waals surface area contributed by atoms with Gasteiger partial charge >= 0.3 is 0 Å². The standard InChI is InChI=1S/C11H14N2O3S/c12-11(15)9-6-13(2-3-16-9)10(14)5-8-1-4-17-7-8/h1,4,7,9H,2-3,5-6H2,(H2,12,15). The molecule has 92 valence electrons. The number of carbonyl (C=O) groups excluding carboxylic acids is 2. The predicted molar refractivity (Wildman–Crippen MR) is 63.5 cm³/mol. The van der Waals surface area contributed by atoms with E-state index in [4.69, 9.17) is 10.5 Å². The number of amides is 2. The maximum Gasteiger partial charge on any atom is 0.248 e. The molecule has 1 fully saturated rings. The smallest absolute Gasteiger partial charge is 0.248 e. The van der Waals surface area contributed by atoms with Gasteiger partial charge in [0.1, 0.15) is 0 Å². The van der Waals surface area contributed by atoms with E-state index in [-0.39, 0.29) is 12.5 Å². The van der Waals surface area contributed by atoms with Gasteiger partial charge in [-0.1, -0.05) is 0 Å². The molecule has 1 unspecified atom stereocenters. The summed E-state index contributed by atoms with van der Waals surface area (Å²) >= 11 is 1.56. The Morgan fingerprint density at radius 3 is 3.06 bits per heavy atom. The molecule has 6 heteroatoms. The Labute approximate surface area is 103 Å². The molecule has 5 nitrogen and oxygen atoms in total. The van der Waals surface area contributed by atoms with Gasteiger partial charge < -0.3 is 15.4 Å². The molecule has 2 rings (SSSR count). The monoisotopic (exact) mass is 254 g/mol.